The molecule has 0 radical (unpaired) electrons. The van der Waals surface area contributed by atoms with Crippen molar-refractivity contribution in [1.82, 2.24) is 4.31 Å². The van der Waals surface area contributed by atoms with Gasteiger partial charge in [-0.1, -0.05) is 115 Å². The van der Waals surface area contributed by atoms with Crippen LogP contribution in [0.5, 0.6) is 5.75 Å². The number of carbonyl (C=O) groups excluding carboxylic acids is 1. The van der Waals surface area contributed by atoms with Gasteiger partial charge in [0.05, 0.1) is 9.64 Å². The van der Waals surface area contributed by atoms with E-state index in [9.17, 15) is 17.6 Å². The zero-order valence-corrected chi connectivity index (χ0v) is 28.3. The van der Waals surface area contributed by atoms with Gasteiger partial charge in [0.15, 0.2) is 0 Å². The van der Waals surface area contributed by atoms with Crippen LogP contribution < -0.4 is 4.74 Å². The molecule has 47 heavy (non-hydrogen) atoms. The summed E-state index contributed by atoms with van der Waals surface area (Å²) >= 11 is 1.55. The largest absolute Gasteiger partial charge is 0.490 e. The lowest BCUT2D eigenvalue weighted by Crippen LogP contribution is -2.42. The predicted octanol–water partition coefficient (Wildman–Crippen LogP) is 8.84. The van der Waals surface area contributed by atoms with Crippen LogP contribution >= 0.6 is 11.8 Å². The average molecular weight is 672 g/mol. The van der Waals surface area contributed by atoms with E-state index in [0.717, 1.165) is 21.0 Å². The minimum Gasteiger partial charge on any atom is -0.490 e. The maximum Gasteiger partial charge on any atom is 0.424 e. The van der Waals surface area contributed by atoms with Gasteiger partial charge in [-0.25, -0.2) is 17.6 Å². The predicted molar refractivity (Wildman–Crippen MR) is 187 cm³/mol. The standard InChI is InChI=1S/C38H38FNO5S2/c1-37(2,3)45-36(41)40(47(42,43)35-24-14-21-32-33(35)22-13-23-34(32)44-27-25-39)26-28-46-38(29-15-7-4-8-16-29,30-17-9-5-10-18-30)31-19-11-6-12-20-31/h4-24H,25-28H2,1-3H3. The van der Waals surface area contributed by atoms with Crippen molar-refractivity contribution in [2.75, 3.05) is 25.6 Å². The van der Waals surface area contributed by atoms with Crippen molar-refractivity contribution in [2.45, 2.75) is 36.0 Å². The second-order valence-corrected chi connectivity index (χ2v) is 15.0. The molecular formula is C38H38FNO5S2. The van der Waals surface area contributed by atoms with Crippen molar-refractivity contribution in [3.8, 4) is 5.75 Å². The molecule has 0 unspecified atom stereocenters. The molecule has 0 atom stereocenters. The molecular weight excluding hydrogens is 634 g/mol. The summed E-state index contributed by atoms with van der Waals surface area (Å²) in [5.74, 6) is 0.599. The Balaban J connectivity index is 1.58. The maximum atomic E-state index is 14.5. The van der Waals surface area contributed by atoms with E-state index >= 15 is 0 Å². The molecule has 0 saturated carbocycles. The van der Waals surface area contributed by atoms with E-state index < -0.39 is 33.1 Å². The van der Waals surface area contributed by atoms with Crippen LogP contribution in [0.4, 0.5) is 9.18 Å². The van der Waals surface area contributed by atoms with Crippen molar-refractivity contribution in [1.29, 1.82) is 0 Å². The lowest BCUT2D eigenvalue weighted by molar-refractivity contribution is 0.0398. The average Bonchev–Trinajstić information content (AvgIpc) is 3.07. The first kappa shape index (κ1) is 34.0. The SMILES string of the molecule is CC(C)(C)OC(=O)N(CCSC(c1ccccc1)(c1ccccc1)c1ccccc1)S(=O)(=O)c1cccc2c(OCCF)cccc12. The third-order valence-electron chi connectivity index (χ3n) is 7.50. The molecule has 0 fully saturated rings. The lowest BCUT2D eigenvalue weighted by atomic mass is 9.84. The fraction of sp³-hybridized carbons (Fsp3) is 0.237. The normalized spacial score (nSPS) is 12.1. The molecule has 0 aliphatic rings. The molecule has 5 rings (SSSR count). The van der Waals surface area contributed by atoms with Crippen LogP contribution in [0.15, 0.2) is 132 Å². The Kier molecular flexibility index (Phi) is 10.6. The van der Waals surface area contributed by atoms with Crippen LogP contribution in [0.25, 0.3) is 10.8 Å². The highest BCUT2D eigenvalue weighted by molar-refractivity contribution is 8.00. The van der Waals surface area contributed by atoms with Crippen molar-refractivity contribution >= 4 is 38.7 Å². The third kappa shape index (κ3) is 7.47. The molecule has 0 spiro atoms. The molecule has 0 heterocycles. The summed E-state index contributed by atoms with van der Waals surface area (Å²) in [5.41, 5.74) is 2.11. The van der Waals surface area contributed by atoms with E-state index in [1.165, 1.54) is 6.07 Å². The Morgan fingerprint density at radius 2 is 1.23 bits per heavy atom. The number of rotatable bonds is 12. The number of alkyl halides is 1. The fourth-order valence-corrected chi connectivity index (χ4v) is 8.66. The van der Waals surface area contributed by atoms with Gasteiger partial charge in [0.1, 0.15) is 24.6 Å². The van der Waals surface area contributed by atoms with Gasteiger partial charge in [-0.15, -0.1) is 11.8 Å². The number of amides is 1. The summed E-state index contributed by atoms with van der Waals surface area (Å²) in [6.45, 7) is 4.08. The molecule has 244 valence electrons. The van der Waals surface area contributed by atoms with Crippen LogP contribution in [-0.4, -0.2) is 50.0 Å². The molecule has 0 bridgehead atoms. The van der Waals surface area contributed by atoms with Crippen LogP contribution in [0.2, 0.25) is 0 Å². The van der Waals surface area contributed by atoms with Gasteiger partial charge in [0, 0.05) is 23.1 Å². The van der Waals surface area contributed by atoms with Gasteiger partial charge < -0.3 is 9.47 Å². The van der Waals surface area contributed by atoms with Crippen molar-refractivity contribution in [3.05, 3.63) is 144 Å². The van der Waals surface area contributed by atoms with Gasteiger partial charge >= 0.3 is 6.09 Å². The summed E-state index contributed by atoms with van der Waals surface area (Å²) in [5, 5.41) is 0.856. The van der Waals surface area contributed by atoms with Crippen LogP contribution in [0.3, 0.4) is 0 Å². The highest BCUT2D eigenvalue weighted by Gasteiger charge is 2.39. The summed E-state index contributed by atoms with van der Waals surface area (Å²) in [4.78, 5) is 13.7. The molecule has 0 N–H and O–H groups in total. The van der Waals surface area contributed by atoms with Crippen LogP contribution in [-0.2, 0) is 19.5 Å². The van der Waals surface area contributed by atoms with Crippen molar-refractivity contribution in [2.24, 2.45) is 0 Å². The second-order valence-electron chi connectivity index (χ2n) is 11.8. The van der Waals surface area contributed by atoms with E-state index in [2.05, 4.69) is 36.4 Å². The molecule has 6 nitrogen and oxygen atoms in total. The monoisotopic (exact) mass is 671 g/mol. The number of carbonyl (C=O) groups is 1. The second kappa shape index (κ2) is 14.6. The Hall–Kier alpha value is -4.34. The summed E-state index contributed by atoms with van der Waals surface area (Å²) < 4.78 is 53.2. The van der Waals surface area contributed by atoms with Crippen molar-refractivity contribution < 1.29 is 27.1 Å². The third-order valence-corrected chi connectivity index (χ3v) is 10.8. The molecule has 5 aromatic rings. The molecule has 9 heteroatoms. The van der Waals surface area contributed by atoms with Gasteiger partial charge in [-0.05, 0) is 49.6 Å². The molecule has 1 amide bonds. The summed E-state index contributed by atoms with van der Waals surface area (Å²) in [7, 11) is -4.43. The maximum absolute atomic E-state index is 14.5. The molecule has 0 aromatic heterocycles. The molecule has 0 saturated heterocycles. The van der Waals surface area contributed by atoms with E-state index in [1.807, 2.05) is 54.6 Å². The Labute approximate surface area is 280 Å². The highest BCUT2D eigenvalue weighted by Crippen LogP contribution is 2.48. The lowest BCUT2D eigenvalue weighted by Gasteiger charge is -2.36. The number of hydrogen-bond acceptors (Lipinski definition) is 6. The van der Waals surface area contributed by atoms with Gasteiger partial charge in [-0.2, -0.15) is 4.31 Å². The van der Waals surface area contributed by atoms with E-state index in [1.54, 1.807) is 62.9 Å². The number of benzene rings is 5. The number of fused-ring (bicyclic) bond motifs is 1. The van der Waals surface area contributed by atoms with E-state index in [-0.39, 0.29) is 23.8 Å². The zero-order valence-electron chi connectivity index (χ0n) is 26.6. The molecule has 0 aliphatic heterocycles. The number of halogens is 1. The Morgan fingerprint density at radius 1 is 0.723 bits per heavy atom. The van der Waals surface area contributed by atoms with E-state index in [4.69, 9.17) is 9.47 Å². The Morgan fingerprint density at radius 3 is 1.74 bits per heavy atom. The van der Waals surface area contributed by atoms with E-state index in [0.29, 0.717) is 16.5 Å². The Bertz CT molecular complexity index is 1800. The first-order valence-corrected chi connectivity index (χ1v) is 17.8. The minimum absolute atomic E-state index is 0.0722. The zero-order chi connectivity index (χ0) is 33.5. The number of nitrogens with zero attached hydrogens (tertiary/aromatic N) is 1. The summed E-state index contributed by atoms with van der Waals surface area (Å²) in [6.07, 6.45) is -0.968. The van der Waals surface area contributed by atoms with Gasteiger partial charge in [-0.3, -0.25) is 0 Å². The van der Waals surface area contributed by atoms with Crippen molar-refractivity contribution in [3.63, 3.8) is 0 Å². The smallest absolute Gasteiger partial charge is 0.424 e. The number of thioether (sulfide) groups is 1. The fourth-order valence-electron chi connectivity index (χ4n) is 5.54. The first-order valence-electron chi connectivity index (χ1n) is 15.3. The van der Waals surface area contributed by atoms with Crippen LogP contribution in [0.1, 0.15) is 37.5 Å². The number of sulfonamides is 1. The van der Waals surface area contributed by atoms with Crippen LogP contribution in [0, 0.1) is 0 Å². The number of ether oxygens (including phenoxy) is 2. The minimum atomic E-state index is -4.43. The van der Waals surface area contributed by atoms with Gasteiger partial charge in [0.2, 0.25) is 0 Å². The molecule has 5 aromatic carbocycles. The topological polar surface area (TPSA) is 72.9 Å². The number of hydrogen-bond donors (Lipinski definition) is 0. The summed E-state index contributed by atoms with van der Waals surface area (Å²) in [6, 6.07) is 39.9. The first-order chi connectivity index (χ1) is 22.6. The van der Waals surface area contributed by atoms with Gasteiger partial charge in [0.25, 0.3) is 10.0 Å². The quantitative estimate of drug-likeness (QED) is 0.124. The highest BCUT2D eigenvalue weighted by atomic mass is 32.2. The molecule has 0 aliphatic carbocycles.